The summed E-state index contributed by atoms with van der Waals surface area (Å²) < 4.78 is 0. The number of hydrogen-bond acceptors (Lipinski definition) is 12. The first-order valence-corrected chi connectivity index (χ1v) is 9.27. The maximum absolute atomic E-state index is 10.8. The van der Waals surface area contributed by atoms with E-state index < -0.39 is 35.0 Å². The van der Waals surface area contributed by atoms with Gasteiger partial charge in [0.15, 0.2) is 0 Å². The van der Waals surface area contributed by atoms with Crippen molar-refractivity contribution in [1.29, 1.82) is 0 Å². The summed E-state index contributed by atoms with van der Waals surface area (Å²) in [5.74, 6) is -3.64. The Hall–Kier alpha value is -5.21. The Morgan fingerprint density at radius 3 is 0.919 bits per heavy atom. The third-order valence-corrected chi connectivity index (χ3v) is 4.03. The van der Waals surface area contributed by atoms with E-state index in [0.29, 0.717) is 0 Å². The van der Waals surface area contributed by atoms with E-state index in [1.54, 1.807) is 0 Å². The number of nitrogens with zero attached hydrogens (tertiary/aromatic N) is 3. The molecule has 192 valence electrons. The number of carbonyl (C=O) groups is 3. The van der Waals surface area contributed by atoms with Gasteiger partial charge < -0.3 is 32.5 Å². The van der Waals surface area contributed by atoms with Crippen molar-refractivity contribution in [2.45, 2.75) is 0 Å². The van der Waals surface area contributed by atoms with Crippen LogP contribution in [-0.2, 0) is 17.1 Å². The minimum atomic E-state index is -0.695. The molecule has 3 amide bonds. The first kappa shape index (κ1) is 31.8. The molecule has 0 aliphatic heterocycles. The molecule has 0 bridgehead atoms. The molecule has 6 N–H and O–H groups in total. The van der Waals surface area contributed by atoms with Crippen molar-refractivity contribution in [3.63, 3.8) is 0 Å². The van der Waals surface area contributed by atoms with Crippen LogP contribution in [0.15, 0.2) is 70.1 Å². The van der Waals surface area contributed by atoms with Crippen molar-refractivity contribution >= 4 is 34.8 Å². The summed E-state index contributed by atoms with van der Waals surface area (Å²) in [6.07, 6.45) is 0. The Bertz CT molecular complexity index is 1180. The van der Waals surface area contributed by atoms with Crippen LogP contribution in [0.25, 0.3) is 0 Å². The summed E-state index contributed by atoms with van der Waals surface area (Å²) in [6.45, 7) is 0. The Morgan fingerprint density at radius 2 is 0.757 bits per heavy atom. The quantitative estimate of drug-likeness (QED) is 0.288. The van der Waals surface area contributed by atoms with E-state index in [2.05, 4.69) is 15.5 Å². The van der Waals surface area contributed by atoms with Crippen LogP contribution in [0.4, 0.5) is 17.1 Å². The van der Waals surface area contributed by atoms with Crippen molar-refractivity contribution in [1.82, 2.24) is 0 Å². The number of nitroso groups, excluding NO2 is 3. The van der Waals surface area contributed by atoms with E-state index in [9.17, 15) is 44.4 Å². The molecule has 0 unspecified atom stereocenters. The summed E-state index contributed by atoms with van der Waals surface area (Å²) in [4.78, 5) is 61.7. The van der Waals surface area contributed by atoms with Crippen LogP contribution < -0.4 is 32.5 Å². The van der Waals surface area contributed by atoms with Crippen LogP contribution in [0.3, 0.4) is 0 Å². The van der Waals surface area contributed by atoms with Gasteiger partial charge in [0.1, 0.15) is 17.1 Å². The zero-order chi connectivity index (χ0) is 27.4. The van der Waals surface area contributed by atoms with E-state index in [-0.39, 0.29) is 52.2 Å². The Kier molecular flexibility index (Phi) is 12.8. The van der Waals surface area contributed by atoms with E-state index in [1.165, 1.54) is 18.2 Å². The average Bonchev–Trinajstić information content (AvgIpc) is 2.85. The third-order valence-electron chi connectivity index (χ3n) is 4.03. The van der Waals surface area contributed by atoms with E-state index in [4.69, 9.17) is 17.2 Å². The standard InChI is InChI=1S/3C7H6N2O3.Fe/c3*8-7(11)4-1-2-6(10)5(3-4)9-12;/h3*1-3,10H,(H2,8,11);/q;;;+2/p-2. The van der Waals surface area contributed by atoms with Gasteiger partial charge in [-0.05, 0) is 51.9 Å². The fraction of sp³-hybridized carbons (Fsp3) is 0. The minimum absolute atomic E-state index is 0. The monoisotopic (exact) mass is 552 g/mol. The van der Waals surface area contributed by atoms with Crippen LogP contribution in [0, 0.1) is 14.7 Å². The maximum atomic E-state index is 10.8. The second-order valence-corrected chi connectivity index (χ2v) is 6.41. The van der Waals surface area contributed by atoms with Crippen LogP contribution >= 0.6 is 0 Å². The van der Waals surface area contributed by atoms with Crippen LogP contribution in [-0.4, -0.2) is 17.7 Å². The van der Waals surface area contributed by atoms with Gasteiger partial charge >= 0.3 is 18.5 Å². The van der Waals surface area contributed by atoms with E-state index in [1.807, 2.05) is 0 Å². The zero-order valence-electron chi connectivity index (χ0n) is 19.3. The van der Waals surface area contributed by atoms with Crippen LogP contribution in [0.5, 0.6) is 17.2 Å². The molecule has 0 saturated carbocycles. The number of nitrogens with two attached hydrogens (primary N) is 3. The summed E-state index contributed by atoms with van der Waals surface area (Å²) in [5, 5.41) is 39.7. The fourth-order valence-corrected chi connectivity index (χ4v) is 2.23. The van der Waals surface area contributed by atoms with Gasteiger partial charge in [0, 0.05) is 16.7 Å². The molecule has 0 fully saturated rings. The zero-order valence-corrected chi connectivity index (χ0v) is 19.4. The molecule has 3 rings (SSSR count). The van der Waals surface area contributed by atoms with E-state index >= 15 is 0 Å². The van der Waals surface area contributed by atoms with Crippen molar-refractivity contribution in [3.8, 4) is 17.2 Å². The molecule has 0 spiro atoms. The third kappa shape index (κ3) is 9.51. The number of amides is 3. The molecule has 0 aromatic heterocycles. The van der Waals surface area contributed by atoms with Gasteiger partial charge in [-0.25, -0.2) is 0 Å². The molecule has 37 heavy (non-hydrogen) atoms. The molecule has 0 aliphatic carbocycles. The first-order chi connectivity index (χ1) is 16.9. The number of carbonyl (C=O) groups excluding carboxylic acids is 3. The largest absolute Gasteiger partial charge is 2.00 e. The minimum Gasteiger partial charge on any atom is -0.871 e. The Labute approximate surface area is 219 Å². The van der Waals surface area contributed by atoms with Crippen molar-refractivity contribution in [2.24, 2.45) is 32.7 Å². The fourth-order valence-electron chi connectivity index (χ4n) is 2.23. The second-order valence-electron chi connectivity index (χ2n) is 6.41. The van der Waals surface area contributed by atoms with Crippen molar-refractivity contribution < 1.29 is 48.2 Å². The molecule has 0 aliphatic rings. The van der Waals surface area contributed by atoms with Gasteiger partial charge in [-0.15, -0.1) is 14.7 Å². The average molecular weight is 552 g/mol. The molecule has 0 atom stereocenters. The molecule has 15 nitrogen and oxygen atoms in total. The van der Waals surface area contributed by atoms with Gasteiger partial charge in [0.2, 0.25) is 17.7 Å². The molecule has 3 aromatic rings. The summed E-state index contributed by atoms with van der Waals surface area (Å²) in [6, 6.07) is 10.2. The van der Waals surface area contributed by atoms with Gasteiger partial charge in [0.05, 0.1) is 0 Å². The van der Waals surface area contributed by atoms with E-state index in [0.717, 1.165) is 36.4 Å². The number of benzene rings is 3. The Balaban J connectivity index is 0. The second kappa shape index (κ2) is 14.9. The molecular weight excluding hydrogens is 536 g/mol. The topological polar surface area (TPSA) is 287 Å². The van der Waals surface area contributed by atoms with Gasteiger partial charge in [-0.3, -0.25) is 14.4 Å². The van der Waals surface area contributed by atoms with Gasteiger partial charge in [-0.2, -0.15) is 0 Å². The van der Waals surface area contributed by atoms with Crippen molar-refractivity contribution in [3.05, 3.63) is 86.0 Å². The molecule has 3 aromatic carbocycles. The molecule has 0 radical (unpaired) electrons. The molecule has 0 heterocycles. The first-order valence-electron chi connectivity index (χ1n) is 9.27. The molecule has 0 saturated heterocycles. The SMILES string of the molecule is NC(=O)c1ccc([O-])c(N=O)c1.NC(=O)c1ccc([O-])c(N=O)c1.NC(=O)c1ccc([O-])c(N=O)c1.[Fe+2].[H+]. The number of rotatable bonds is 6. The predicted octanol–water partition coefficient (Wildman–Crippen LogP) is 0.881. The molecular formula is C21H16FeN6O9. The molecule has 16 heteroatoms. The summed E-state index contributed by atoms with van der Waals surface area (Å²) >= 11 is 0. The Morgan fingerprint density at radius 1 is 0.541 bits per heavy atom. The maximum Gasteiger partial charge on any atom is 2.00 e. The van der Waals surface area contributed by atoms with Crippen LogP contribution in [0.2, 0.25) is 0 Å². The normalized spacial score (nSPS) is 9.08. The van der Waals surface area contributed by atoms with Gasteiger partial charge in [0.25, 0.3) is 0 Å². The summed E-state index contributed by atoms with van der Waals surface area (Å²) in [5.41, 5.74) is 14.1. The van der Waals surface area contributed by atoms with Crippen molar-refractivity contribution in [2.75, 3.05) is 0 Å². The smallest absolute Gasteiger partial charge is 0.871 e. The number of hydrogen-bond donors (Lipinski definition) is 3. The summed E-state index contributed by atoms with van der Waals surface area (Å²) in [7, 11) is 0. The predicted molar refractivity (Wildman–Crippen MR) is 121 cm³/mol. The van der Waals surface area contributed by atoms with Crippen LogP contribution in [0.1, 0.15) is 32.5 Å². The van der Waals surface area contributed by atoms with Gasteiger partial charge in [-0.1, -0.05) is 35.4 Å². The number of primary amides is 3.